The van der Waals surface area contributed by atoms with Gasteiger partial charge in [-0.05, 0) is 81.1 Å². The van der Waals surface area contributed by atoms with Gasteiger partial charge in [-0.1, -0.05) is 60.5 Å². The highest BCUT2D eigenvalue weighted by molar-refractivity contribution is 7.92. The van der Waals surface area contributed by atoms with Gasteiger partial charge in [-0.3, -0.25) is 13.9 Å². The number of anilines is 1. The second-order valence-electron chi connectivity index (χ2n) is 9.52. The van der Waals surface area contributed by atoms with Crippen molar-refractivity contribution in [2.45, 2.75) is 58.5 Å². The van der Waals surface area contributed by atoms with Crippen LogP contribution in [0.15, 0.2) is 71.6 Å². The molecular weight excluding hydrogens is 534 g/mol. The molecule has 208 valence electrons. The van der Waals surface area contributed by atoms with E-state index in [1.165, 1.54) is 17.0 Å². The number of rotatable bonds is 11. The molecule has 1 unspecified atom stereocenters. The minimum Gasteiger partial charge on any atom is -0.355 e. The first-order chi connectivity index (χ1) is 18.5. The van der Waals surface area contributed by atoms with E-state index in [9.17, 15) is 18.0 Å². The molecule has 0 bridgehead atoms. The molecular formula is C30H36ClN3O4S. The number of amides is 2. The quantitative estimate of drug-likeness (QED) is 0.335. The summed E-state index contributed by atoms with van der Waals surface area (Å²) in [5, 5.41) is 3.25. The third kappa shape index (κ3) is 7.19. The fourth-order valence-corrected chi connectivity index (χ4v) is 5.87. The minimum absolute atomic E-state index is 0.0551. The summed E-state index contributed by atoms with van der Waals surface area (Å²) in [4.78, 5) is 28.5. The van der Waals surface area contributed by atoms with Crippen molar-refractivity contribution in [3.63, 3.8) is 0 Å². The third-order valence-electron chi connectivity index (χ3n) is 6.70. The number of hydrogen-bond donors (Lipinski definition) is 1. The van der Waals surface area contributed by atoms with E-state index < -0.39 is 28.5 Å². The number of sulfonamides is 1. The van der Waals surface area contributed by atoms with Gasteiger partial charge in [0.2, 0.25) is 11.8 Å². The van der Waals surface area contributed by atoms with Crippen LogP contribution in [0.1, 0.15) is 42.5 Å². The summed E-state index contributed by atoms with van der Waals surface area (Å²) < 4.78 is 29.0. The maximum atomic E-state index is 14.0. The molecule has 1 N–H and O–H groups in total. The molecule has 3 aromatic carbocycles. The lowest BCUT2D eigenvalue weighted by molar-refractivity contribution is -0.140. The molecule has 39 heavy (non-hydrogen) atoms. The first kappa shape index (κ1) is 30.2. The molecule has 2 amide bonds. The van der Waals surface area contributed by atoms with E-state index in [2.05, 4.69) is 5.32 Å². The highest BCUT2D eigenvalue weighted by Crippen LogP contribution is 2.27. The fraction of sp³-hybridized carbons (Fsp3) is 0.333. The van der Waals surface area contributed by atoms with Gasteiger partial charge < -0.3 is 10.2 Å². The fourth-order valence-electron chi connectivity index (χ4n) is 4.27. The van der Waals surface area contributed by atoms with Crippen LogP contribution in [-0.4, -0.2) is 44.3 Å². The number of likely N-dealkylation sites (N-methyl/N-ethyl adjacent to an activating group) is 1. The monoisotopic (exact) mass is 569 g/mol. The Labute approximate surface area is 236 Å². The van der Waals surface area contributed by atoms with Gasteiger partial charge in [0.15, 0.2) is 0 Å². The van der Waals surface area contributed by atoms with Crippen molar-refractivity contribution in [3.8, 4) is 0 Å². The van der Waals surface area contributed by atoms with Crippen LogP contribution in [0.2, 0.25) is 5.02 Å². The summed E-state index contributed by atoms with van der Waals surface area (Å²) in [5.74, 6) is -0.818. The number of halogens is 1. The lowest BCUT2D eigenvalue weighted by Crippen LogP contribution is -2.52. The molecule has 0 aliphatic carbocycles. The predicted octanol–water partition coefficient (Wildman–Crippen LogP) is 5.40. The van der Waals surface area contributed by atoms with E-state index in [1.807, 2.05) is 33.8 Å². The van der Waals surface area contributed by atoms with Crippen molar-refractivity contribution in [1.82, 2.24) is 10.2 Å². The van der Waals surface area contributed by atoms with Crippen LogP contribution in [-0.2, 0) is 26.2 Å². The number of carbonyl (C=O) groups excluding carboxylic acids is 2. The van der Waals surface area contributed by atoms with Crippen molar-refractivity contribution in [2.24, 2.45) is 0 Å². The first-order valence-electron chi connectivity index (χ1n) is 13.0. The summed E-state index contributed by atoms with van der Waals surface area (Å²) in [6, 6.07) is 18.1. The number of benzene rings is 3. The number of nitrogens with one attached hydrogen (secondary N) is 1. The van der Waals surface area contributed by atoms with E-state index in [4.69, 9.17) is 11.6 Å². The Balaban J connectivity index is 2.10. The van der Waals surface area contributed by atoms with Crippen LogP contribution >= 0.6 is 11.6 Å². The zero-order chi connectivity index (χ0) is 28.7. The number of nitrogens with zero attached hydrogens (tertiary/aromatic N) is 2. The zero-order valence-corrected chi connectivity index (χ0v) is 24.6. The van der Waals surface area contributed by atoms with Gasteiger partial charge in [0.25, 0.3) is 10.0 Å². The smallest absolute Gasteiger partial charge is 0.264 e. The molecule has 0 fully saturated rings. The van der Waals surface area contributed by atoms with E-state index >= 15 is 0 Å². The topological polar surface area (TPSA) is 86.8 Å². The van der Waals surface area contributed by atoms with E-state index in [0.29, 0.717) is 29.2 Å². The summed E-state index contributed by atoms with van der Waals surface area (Å²) in [7, 11) is -4.11. The Morgan fingerprint density at radius 3 is 2.18 bits per heavy atom. The first-order valence-corrected chi connectivity index (χ1v) is 14.8. The van der Waals surface area contributed by atoms with Crippen molar-refractivity contribution >= 4 is 39.1 Å². The maximum Gasteiger partial charge on any atom is 0.264 e. The molecule has 3 aromatic rings. The number of aryl methyl sites for hydroxylation is 3. The van der Waals surface area contributed by atoms with E-state index in [-0.39, 0.29) is 17.3 Å². The van der Waals surface area contributed by atoms with E-state index in [0.717, 1.165) is 21.0 Å². The van der Waals surface area contributed by atoms with Crippen LogP contribution in [0.4, 0.5) is 5.69 Å². The molecule has 0 aromatic heterocycles. The van der Waals surface area contributed by atoms with Crippen molar-refractivity contribution < 1.29 is 18.0 Å². The van der Waals surface area contributed by atoms with Gasteiger partial charge in [0.05, 0.1) is 10.6 Å². The Morgan fingerprint density at radius 1 is 0.923 bits per heavy atom. The third-order valence-corrected chi connectivity index (χ3v) is 8.86. The van der Waals surface area contributed by atoms with Gasteiger partial charge in [-0.2, -0.15) is 0 Å². The highest BCUT2D eigenvalue weighted by Gasteiger charge is 2.33. The van der Waals surface area contributed by atoms with Crippen LogP contribution in [0.5, 0.6) is 0 Å². The van der Waals surface area contributed by atoms with Gasteiger partial charge in [-0.25, -0.2) is 8.42 Å². The molecule has 0 aliphatic heterocycles. The van der Waals surface area contributed by atoms with Crippen molar-refractivity contribution in [2.75, 3.05) is 17.4 Å². The summed E-state index contributed by atoms with van der Waals surface area (Å²) in [6.45, 7) is 9.30. The van der Waals surface area contributed by atoms with Gasteiger partial charge in [0.1, 0.15) is 12.6 Å². The Morgan fingerprint density at radius 2 is 1.59 bits per heavy atom. The average molecular weight is 570 g/mol. The maximum absolute atomic E-state index is 14.0. The SMILES string of the molecule is CCNC(=O)C(CC)N(Cc1ccccc1Cl)C(=O)CN(c1ccc(C)c(C)c1)S(=O)(=O)c1ccc(C)cc1. The predicted molar refractivity (Wildman–Crippen MR) is 156 cm³/mol. The Bertz CT molecular complexity index is 1420. The second kappa shape index (κ2) is 13.1. The normalized spacial score (nSPS) is 12.1. The summed E-state index contributed by atoms with van der Waals surface area (Å²) in [6.07, 6.45) is 0.344. The van der Waals surface area contributed by atoms with Crippen LogP contribution in [0.25, 0.3) is 0 Å². The molecule has 0 spiro atoms. The van der Waals surface area contributed by atoms with Gasteiger partial charge >= 0.3 is 0 Å². The lowest BCUT2D eigenvalue weighted by Gasteiger charge is -2.33. The van der Waals surface area contributed by atoms with Crippen molar-refractivity contribution in [3.05, 3.63) is 94.0 Å². The summed E-state index contributed by atoms with van der Waals surface area (Å²) in [5.41, 5.74) is 3.85. The molecule has 0 saturated heterocycles. The minimum atomic E-state index is -4.11. The zero-order valence-electron chi connectivity index (χ0n) is 23.1. The Hall–Kier alpha value is -3.36. The van der Waals surface area contributed by atoms with Crippen LogP contribution < -0.4 is 9.62 Å². The average Bonchev–Trinajstić information content (AvgIpc) is 2.90. The number of hydrogen-bond acceptors (Lipinski definition) is 4. The highest BCUT2D eigenvalue weighted by atomic mass is 35.5. The molecule has 9 heteroatoms. The molecule has 0 radical (unpaired) electrons. The lowest BCUT2D eigenvalue weighted by atomic mass is 10.1. The standard InChI is InChI=1S/C30H36ClN3O4S/c1-6-28(30(36)32-7-2)33(19-24-10-8-9-11-27(24)31)29(35)20-34(25-15-14-22(4)23(5)18-25)39(37,38)26-16-12-21(3)13-17-26/h8-18,28H,6-7,19-20H2,1-5H3,(H,32,36). The van der Waals surface area contributed by atoms with Crippen molar-refractivity contribution in [1.29, 1.82) is 0 Å². The number of carbonyl (C=O) groups is 2. The van der Waals surface area contributed by atoms with Crippen LogP contribution in [0, 0.1) is 20.8 Å². The summed E-state index contributed by atoms with van der Waals surface area (Å²) >= 11 is 6.42. The Kier molecular flexibility index (Phi) is 10.2. The molecule has 1 atom stereocenters. The largest absolute Gasteiger partial charge is 0.355 e. The molecule has 7 nitrogen and oxygen atoms in total. The van der Waals surface area contributed by atoms with Crippen LogP contribution in [0.3, 0.4) is 0 Å². The molecule has 0 heterocycles. The van der Waals surface area contributed by atoms with E-state index in [1.54, 1.807) is 55.5 Å². The molecule has 3 rings (SSSR count). The van der Waals surface area contributed by atoms with Gasteiger partial charge in [0, 0.05) is 18.1 Å². The second-order valence-corrected chi connectivity index (χ2v) is 11.8. The molecule has 0 saturated carbocycles. The van der Waals surface area contributed by atoms with Gasteiger partial charge in [-0.15, -0.1) is 0 Å². The molecule has 0 aliphatic rings.